The summed E-state index contributed by atoms with van der Waals surface area (Å²) in [6.07, 6.45) is 0.689. The Hall–Kier alpha value is -1.62. The third kappa shape index (κ3) is 2.38. The van der Waals surface area contributed by atoms with Gasteiger partial charge in [-0.05, 0) is 30.2 Å². The van der Waals surface area contributed by atoms with Crippen LogP contribution < -0.4 is 5.32 Å². The molecule has 104 valence electrons. The highest BCUT2D eigenvalue weighted by Gasteiger charge is 2.24. The van der Waals surface area contributed by atoms with Crippen molar-refractivity contribution >= 4 is 17.4 Å². The van der Waals surface area contributed by atoms with Crippen LogP contribution in [0.1, 0.15) is 18.0 Å². The molecule has 0 saturated carbocycles. The summed E-state index contributed by atoms with van der Waals surface area (Å²) in [5.41, 5.74) is 0.600. The molecular formula is C15H12F3NS. The second-order valence-electron chi connectivity index (χ2n) is 4.59. The summed E-state index contributed by atoms with van der Waals surface area (Å²) in [5, 5.41) is 2.87. The third-order valence-electron chi connectivity index (χ3n) is 3.31. The molecule has 20 heavy (non-hydrogen) atoms. The summed E-state index contributed by atoms with van der Waals surface area (Å²) in [7, 11) is 0. The molecule has 0 aromatic heterocycles. The number of rotatable bonds is 2. The Labute approximate surface area is 119 Å². The second-order valence-corrected chi connectivity index (χ2v) is 5.69. The van der Waals surface area contributed by atoms with Gasteiger partial charge in [0, 0.05) is 10.6 Å². The van der Waals surface area contributed by atoms with E-state index in [1.54, 1.807) is 12.1 Å². The Balaban J connectivity index is 1.96. The van der Waals surface area contributed by atoms with E-state index in [1.807, 2.05) is 0 Å². The minimum Gasteiger partial charge on any atom is -0.373 e. The van der Waals surface area contributed by atoms with E-state index in [4.69, 9.17) is 0 Å². The average molecular weight is 295 g/mol. The molecular weight excluding hydrogens is 283 g/mol. The lowest BCUT2D eigenvalue weighted by molar-refractivity contribution is 0.570. The Morgan fingerprint density at radius 3 is 2.35 bits per heavy atom. The summed E-state index contributed by atoms with van der Waals surface area (Å²) < 4.78 is 41.1. The van der Waals surface area contributed by atoms with E-state index in [-0.39, 0.29) is 17.5 Å². The molecule has 1 unspecified atom stereocenters. The Morgan fingerprint density at radius 1 is 0.950 bits per heavy atom. The quantitative estimate of drug-likeness (QED) is 0.858. The van der Waals surface area contributed by atoms with Crippen molar-refractivity contribution in [1.82, 2.24) is 0 Å². The highest BCUT2D eigenvalue weighted by atomic mass is 32.2. The van der Waals surface area contributed by atoms with E-state index in [0.29, 0.717) is 17.1 Å². The van der Waals surface area contributed by atoms with Gasteiger partial charge in [0.15, 0.2) is 0 Å². The van der Waals surface area contributed by atoms with E-state index < -0.39 is 11.6 Å². The van der Waals surface area contributed by atoms with Crippen LogP contribution in [0.25, 0.3) is 0 Å². The number of hydrogen-bond acceptors (Lipinski definition) is 2. The predicted molar refractivity (Wildman–Crippen MR) is 74.5 cm³/mol. The zero-order chi connectivity index (χ0) is 14.1. The normalized spacial score (nSPS) is 17.6. The van der Waals surface area contributed by atoms with Crippen LogP contribution in [0.3, 0.4) is 0 Å². The average Bonchev–Trinajstić information content (AvgIpc) is 2.44. The smallest absolute Gasteiger partial charge is 0.149 e. The molecule has 0 bridgehead atoms. The van der Waals surface area contributed by atoms with Gasteiger partial charge in [0.1, 0.15) is 23.1 Å². The Morgan fingerprint density at radius 2 is 1.60 bits per heavy atom. The van der Waals surface area contributed by atoms with Gasteiger partial charge >= 0.3 is 0 Å². The number of anilines is 1. The highest BCUT2D eigenvalue weighted by molar-refractivity contribution is 7.99. The molecule has 2 aromatic rings. The Bertz CT molecular complexity index is 625. The van der Waals surface area contributed by atoms with E-state index in [2.05, 4.69) is 5.32 Å². The minimum atomic E-state index is -0.638. The lowest BCUT2D eigenvalue weighted by Gasteiger charge is -2.27. The first kappa shape index (κ1) is 13.4. The largest absolute Gasteiger partial charge is 0.373 e. The van der Waals surface area contributed by atoms with Crippen molar-refractivity contribution in [3.8, 4) is 0 Å². The molecule has 5 heteroatoms. The number of halogens is 3. The maximum absolute atomic E-state index is 13.7. The fourth-order valence-electron chi connectivity index (χ4n) is 2.35. The van der Waals surface area contributed by atoms with Crippen molar-refractivity contribution in [3.63, 3.8) is 0 Å². The van der Waals surface area contributed by atoms with Crippen molar-refractivity contribution in [3.05, 3.63) is 59.4 Å². The van der Waals surface area contributed by atoms with Gasteiger partial charge in [-0.15, -0.1) is 11.8 Å². The fourth-order valence-corrected chi connectivity index (χ4v) is 3.49. The maximum atomic E-state index is 13.7. The first-order valence-corrected chi connectivity index (χ1v) is 7.27. The van der Waals surface area contributed by atoms with Crippen molar-refractivity contribution in [2.24, 2.45) is 0 Å². The van der Waals surface area contributed by atoms with Gasteiger partial charge < -0.3 is 5.32 Å². The standard InChI is InChI=1S/C15H12F3NS/c16-10-4-2-5-11(17)14(10)19-13-7-8-20-15-9(13)3-1-6-12(15)18/h1-6,13,19H,7-8H2. The van der Waals surface area contributed by atoms with Gasteiger partial charge in [0.25, 0.3) is 0 Å². The van der Waals surface area contributed by atoms with Crippen molar-refractivity contribution in [2.45, 2.75) is 17.4 Å². The molecule has 0 spiro atoms. The lowest BCUT2D eigenvalue weighted by Crippen LogP contribution is -2.18. The molecule has 1 atom stereocenters. The molecule has 1 N–H and O–H groups in total. The molecule has 1 nitrogen and oxygen atoms in total. The first-order chi connectivity index (χ1) is 9.66. The van der Waals surface area contributed by atoms with Gasteiger partial charge in [-0.2, -0.15) is 0 Å². The molecule has 0 aliphatic carbocycles. The highest BCUT2D eigenvalue weighted by Crippen LogP contribution is 2.39. The van der Waals surface area contributed by atoms with Gasteiger partial charge in [-0.25, -0.2) is 13.2 Å². The van der Waals surface area contributed by atoms with E-state index in [1.165, 1.54) is 36.0 Å². The number of nitrogens with one attached hydrogen (secondary N) is 1. The SMILES string of the molecule is Fc1cccc(F)c1NC1CCSc2c(F)cccc21. The fraction of sp³-hybridized carbons (Fsp3) is 0.200. The van der Waals surface area contributed by atoms with Crippen LogP contribution in [0.15, 0.2) is 41.3 Å². The van der Waals surface area contributed by atoms with Crippen LogP contribution in [-0.2, 0) is 0 Å². The van der Waals surface area contributed by atoms with E-state index in [9.17, 15) is 13.2 Å². The van der Waals surface area contributed by atoms with Crippen LogP contribution in [0.2, 0.25) is 0 Å². The van der Waals surface area contributed by atoms with Crippen molar-refractivity contribution in [1.29, 1.82) is 0 Å². The van der Waals surface area contributed by atoms with Crippen LogP contribution in [0.5, 0.6) is 0 Å². The van der Waals surface area contributed by atoms with Gasteiger partial charge in [-0.3, -0.25) is 0 Å². The Kier molecular flexibility index (Phi) is 3.61. The summed E-state index contributed by atoms with van der Waals surface area (Å²) in [6, 6.07) is 8.25. The maximum Gasteiger partial charge on any atom is 0.149 e. The summed E-state index contributed by atoms with van der Waals surface area (Å²) in [6.45, 7) is 0. The molecule has 3 rings (SSSR count). The number of thioether (sulfide) groups is 1. The monoisotopic (exact) mass is 295 g/mol. The summed E-state index contributed by atoms with van der Waals surface area (Å²) in [4.78, 5) is 0.563. The molecule has 0 amide bonds. The van der Waals surface area contributed by atoms with Crippen LogP contribution in [-0.4, -0.2) is 5.75 Å². The van der Waals surface area contributed by atoms with Crippen LogP contribution in [0.4, 0.5) is 18.9 Å². The van der Waals surface area contributed by atoms with Crippen molar-refractivity contribution < 1.29 is 13.2 Å². The van der Waals surface area contributed by atoms with Gasteiger partial charge in [0.2, 0.25) is 0 Å². The molecule has 2 aromatic carbocycles. The predicted octanol–water partition coefficient (Wildman–Crippen LogP) is 4.75. The zero-order valence-electron chi connectivity index (χ0n) is 10.5. The summed E-state index contributed by atoms with van der Waals surface area (Å²) in [5.74, 6) is -0.850. The van der Waals surface area contributed by atoms with Gasteiger partial charge in [-0.1, -0.05) is 18.2 Å². The molecule has 1 heterocycles. The van der Waals surface area contributed by atoms with Crippen LogP contribution >= 0.6 is 11.8 Å². The van der Waals surface area contributed by atoms with Gasteiger partial charge in [0.05, 0.1) is 6.04 Å². The first-order valence-electron chi connectivity index (χ1n) is 6.28. The second kappa shape index (κ2) is 5.40. The number of benzene rings is 2. The summed E-state index contributed by atoms with van der Waals surface area (Å²) >= 11 is 1.44. The molecule has 0 saturated heterocycles. The number of fused-ring (bicyclic) bond motifs is 1. The topological polar surface area (TPSA) is 12.0 Å². The third-order valence-corrected chi connectivity index (χ3v) is 4.47. The molecule has 0 radical (unpaired) electrons. The lowest BCUT2D eigenvalue weighted by atomic mass is 10.0. The van der Waals surface area contributed by atoms with E-state index >= 15 is 0 Å². The zero-order valence-corrected chi connectivity index (χ0v) is 11.3. The molecule has 1 aliphatic rings. The molecule has 0 fully saturated rings. The molecule has 1 aliphatic heterocycles. The van der Waals surface area contributed by atoms with Crippen LogP contribution in [0, 0.1) is 17.5 Å². The number of hydrogen-bond donors (Lipinski definition) is 1. The minimum absolute atomic E-state index is 0.153. The van der Waals surface area contributed by atoms with Crippen molar-refractivity contribution in [2.75, 3.05) is 11.1 Å². The number of para-hydroxylation sites is 1. The van der Waals surface area contributed by atoms with E-state index in [0.717, 1.165) is 5.56 Å².